The summed E-state index contributed by atoms with van der Waals surface area (Å²) in [7, 11) is 1.62. The molecule has 0 bridgehead atoms. The van der Waals surface area contributed by atoms with E-state index in [9.17, 15) is 4.79 Å². The first-order valence-electron chi connectivity index (χ1n) is 8.16. The molecule has 1 amide bonds. The number of rotatable bonds is 7. The predicted octanol–water partition coefficient (Wildman–Crippen LogP) is 2.70. The molecule has 1 aliphatic heterocycles. The van der Waals surface area contributed by atoms with Crippen LogP contribution in [0.15, 0.2) is 22.5 Å². The van der Waals surface area contributed by atoms with Crippen LogP contribution >= 0.6 is 23.1 Å². The number of nitrogens with one attached hydrogen (secondary N) is 1. The summed E-state index contributed by atoms with van der Waals surface area (Å²) in [4.78, 5) is 12.3. The number of carbonyl (C=O) groups is 1. The van der Waals surface area contributed by atoms with Gasteiger partial charge in [-0.05, 0) is 31.4 Å². The summed E-state index contributed by atoms with van der Waals surface area (Å²) in [5, 5.41) is 12.0. The number of benzene rings is 1. The summed E-state index contributed by atoms with van der Waals surface area (Å²) in [6.45, 7) is 2.99. The maximum Gasteiger partial charge on any atom is 0.226 e. The van der Waals surface area contributed by atoms with Crippen LogP contribution < -0.4 is 14.8 Å². The monoisotopic (exact) mass is 379 g/mol. The van der Waals surface area contributed by atoms with E-state index in [1.807, 2.05) is 25.1 Å². The second kappa shape index (κ2) is 8.53. The van der Waals surface area contributed by atoms with E-state index in [4.69, 9.17) is 9.47 Å². The van der Waals surface area contributed by atoms with Crippen LogP contribution in [-0.2, 0) is 11.2 Å². The molecule has 0 unspecified atom stereocenters. The molecule has 8 heteroatoms. The topological polar surface area (TPSA) is 73.3 Å². The highest BCUT2D eigenvalue weighted by Gasteiger charge is 2.27. The molecule has 0 radical (unpaired) electrons. The van der Waals surface area contributed by atoms with E-state index in [0.717, 1.165) is 38.6 Å². The molecule has 1 aliphatic rings. The van der Waals surface area contributed by atoms with Gasteiger partial charge < -0.3 is 14.8 Å². The van der Waals surface area contributed by atoms with Gasteiger partial charge in [0, 0.05) is 12.3 Å². The van der Waals surface area contributed by atoms with E-state index in [1.165, 1.54) is 0 Å². The standard InChI is InChI=1S/C17H21N3O3S2/c1-11-19-20-17(25-11)24-8-4-7-18-16(21)13-9-12-5-3-6-14(22-2)15(12)23-10-13/h3,5-6,13H,4,7-10H2,1-2H3,(H,18,21)/t13-/m1/s1. The number of carbonyl (C=O) groups excluding carboxylic acids is 1. The van der Waals surface area contributed by atoms with Gasteiger partial charge in [0.1, 0.15) is 11.6 Å². The highest BCUT2D eigenvalue weighted by molar-refractivity contribution is 8.01. The lowest BCUT2D eigenvalue weighted by atomic mass is 9.95. The van der Waals surface area contributed by atoms with E-state index >= 15 is 0 Å². The molecule has 2 aromatic rings. The molecular formula is C17H21N3O3S2. The maximum atomic E-state index is 12.3. The smallest absolute Gasteiger partial charge is 0.226 e. The van der Waals surface area contributed by atoms with Gasteiger partial charge in [0.05, 0.1) is 13.0 Å². The summed E-state index contributed by atoms with van der Waals surface area (Å²) >= 11 is 3.28. The average Bonchev–Trinajstić information content (AvgIpc) is 3.05. The third-order valence-electron chi connectivity index (χ3n) is 3.90. The van der Waals surface area contributed by atoms with Crippen LogP contribution in [0.2, 0.25) is 0 Å². The highest BCUT2D eigenvalue weighted by atomic mass is 32.2. The summed E-state index contributed by atoms with van der Waals surface area (Å²) in [5.41, 5.74) is 1.02. The van der Waals surface area contributed by atoms with Gasteiger partial charge in [-0.1, -0.05) is 35.2 Å². The van der Waals surface area contributed by atoms with Crippen molar-refractivity contribution in [2.45, 2.75) is 24.1 Å². The van der Waals surface area contributed by atoms with Crippen LogP contribution in [-0.4, -0.2) is 42.1 Å². The zero-order valence-electron chi connectivity index (χ0n) is 14.3. The maximum absolute atomic E-state index is 12.3. The third kappa shape index (κ3) is 4.64. The molecule has 25 heavy (non-hydrogen) atoms. The van der Waals surface area contributed by atoms with Gasteiger partial charge >= 0.3 is 0 Å². The highest BCUT2D eigenvalue weighted by Crippen LogP contribution is 2.36. The number of fused-ring (bicyclic) bond motifs is 1. The molecule has 0 aliphatic carbocycles. The van der Waals surface area contributed by atoms with Crippen molar-refractivity contribution < 1.29 is 14.3 Å². The molecule has 6 nitrogen and oxygen atoms in total. The number of aryl methyl sites for hydroxylation is 1. The van der Waals surface area contributed by atoms with E-state index < -0.39 is 0 Å². The van der Waals surface area contributed by atoms with E-state index in [-0.39, 0.29) is 11.8 Å². The van der Waals surface area contributed by atoms with Crippen molar-refractivity contribution in [3.8, 4) is 11.5 Å². The zero-order chi connectivity index (χ0) is 17.6. The Morgan fingerprint density at radius 3 is 3.12 bits per heavy atom. The van der Waals surface area contributed by atoms with Crippen LogP contribution in [0.25, 0.3) is 0 Å². The Morgan fingerprint density at radius 1 is 1.48 bits per heavy atom. The number of thioether (sulfide) groups is 1. The number of hydrogen-bond donors (Lipinski definition) is 1. The van der Waals surface area contributed by atoms with E-state index in [1.54, 1.807) is 30.2 Å². The molecular weight excluding hydrogens is 358 g/mol. The Balaban J connectivity index is 1.41. The van der Waals surface area contributed by atoms with Gasteiger partial charge in [-0.15, -0.1) is 10.2 Å². The lowest BCUT2D eigenvalue weighted by Gasteiger charge is -2.25. The van der Waals surface area contributed by atoms with Gasteiger partial charge in [0.25, 0.3) is 0 Å². The Labute approximate surface area is 155 Å². The molecule has 1 atom stereocenters. The molecule has 2 heterocycles. The molecule has 0 fully saturated rings. The number of para-hydroxylation sites is 1. The first kappa shape index (κ1) is 18.0. The van der Waals surface area contributed by atoms with E-state index in [2.05, 4.69) is 15.5 Å². The average molecular weight is 380 g/mol. The molecule has 134 valence electrons. The summed E-state index contributed by atoms with van der Waals surface area (Å²) in [6.07, 6.45) is 1.57. The van der Waals surface area contributed by atoms with Gasteiger partial charge in [-0.2, -0.15) is 0 Å². The normalized spacial score (nSPS) is 16.0. The van der Waals surface area contributed by atoms with E-state index in [0.29, 0.717) is 19.6 Å². The minimum Gasteiger partial charge on any atom is -0.493 e. The second-order valence-electron chi connectivity index (χ2n) is 5.74. The lowest BCUT2D eigenvalue weighted by Crippen LogP contribution is -2.37. The zero-order valence-corrected chi connectivity index (χ0v) is 15.9. The molecule has 3 rings (SSSR count). The lowest BCUT2D eigenvalue weighted by molar-refractivity contribution is -0.126. The van der Waals surface area contributed by atoms with Crippen molar-refractivity contribution in [3.63, 3.8) is 0 Å². The van der Waals surface area contributed by atoms with Crippen molar-refractivity contribution in [1.29, 1.82) is 0 Å². The van der Waals surface area contributed by atoms with Crippen molar-refractivity contribution in [1.82, 2.24) is 15.5 Å². The third-order valence-corrected chi connectivity index (χ3v) is 5.96. The number of aromatic nitrogens is 2. The number of methoxy groups -OCH3 is 1. The predicted molar refractivity (Wildman–Crippen MR) is 98.7 cm³/mol. The molecule has 0 spiro atoms. The van der Waals surface area contributed by atoms with Gasteiger partial charge in [0.15, 0.2) is 15.8 Å². The summed E-state index contributed by atoms with van der Waals surface area (Å²) in [5.74, 6) is 2.29. The summed E-state index contributed by atoms with van der Waals surface area (Å²) < 4.78 is 12.0. The molecule has 1 aromatic heterocycles. The van der Waals surface area contributed by atoms with Crippen LogP contribution in [0.3, 0.4) is 0 Å². The van der Waals surface area contributed by atoms with Crippen molar-refractivity contribution in [2.75, 3.05) is 26.0 Å². The van der Waals surface area contributed by atoms with Gasteiger partial charge in [-0.25, -0.2) is 0 Å². The first-order chi connectivity index (χ1) is 12.2. The second-order valence-corrected chi connectivity index (χ2v) is 8.26. The Hall–Kier alpha value is -1.80. The van der Waals surface area contributed by atoms with Crippen LogP contribution in [0.4, 0.5) is 0 Å². The number of ether oxygens (including phenoxy) is 2. The fourth-order valence-corrected chi connectivity index (χ4v) is 4.47. The van der Waals surface area contributed by atoms with Crippen molar-refractivity contribution >= 4 is 29.0 Å². The Bertz CT molecular complexity index is 736. The SMILES string of the molecule is COc1cccc2c1OC[C@H](C(=O)NCCCSc1nnc(C)s1)C2. The molecule has 1 aromatic carbocycles. The number of amides is 1. The van der Waals surface area contributed by atoms with Crippen LogP contribution in [0, 0.1) is 12.8 Å². The number of hydrogen-bond acceptors (Lipinski definition) is 7. The quantitative estimate of drug-likeness (QED) is 0.589. The molecule has 0 saturated heterocycles. The number of nitrogens with zero attached hydrogens (tertiary/aromatic N) is 2. The summed E-state index contributed by atoms with van der Waals surface area (Å²) in [6, 6.07) is 5.78. The molecule has 0 saturated carbocycles. The van der Waals surface area contributed by atoms with Crippen LogP contribution in [0.1, 0.15) is 17.0 Å². The Morgan fingerprint density at radius 2 is 2.36 bits per heavy atom. The minimum atomic E-state index is -0.155. The molecule has 1 N–H and O–H groups in total. The Kier molecular flexibility index (Phi) is 6.14. The van der Waals surface area contributed by atoms with Crippen molar-refractivity contribution in [3.05, 3.63) is 28.8 Å². The largest absolute Gasteiger partial charge is 0.493 e. The fraction of sp³-hybridized carbons (Fsp3) is 0.471. The first-order valence-corrected chi connectivity index (χ1v) is 9.97. The fourth-order valence-electron chi connectivity index (χ4n) is 2.65. The van der Waals surface area contributed by atoms with Gasteiger partial charge in [0.2, 0.25) is 5.91 Å². The minimum absolute atomic E-state index is 0.0465. The van der Waals surface area contributed by atoms with Gasteiger partial charge in [-0.3, -0.25) is 4.79 Å². The van der Waals surface area contributed by atoms with Crippen LogP contribution in [0.5, 0.6) is 11.5 Å². The van der Waals surface area contributed by atoms with Crippen molar-refractivity contribution in [2.24, 2.45) is 5.92 Å².